The maximum atomic E-state index is 13.2. The minimum atomic E-state index is -0.735. The van der Waals surface area contributed by atoms with Gasteiger partial charge in [-0.25, -0.2) is 0 Å². The van der Waals surface area contributed by atoms with Crippen LogP contribution in [0.2, 0.25) is 0 Å². The summed E-state index contributed by atoms with van der Waals surface area (Å²) in [6.07, 6.45) is 0. The maximum Gasteiger partial charge on any atom is 0.295 e. The van der Waals surface area contributed by atoms with E-state index < -0.39 is 17.7 Å². The van der Waals surface area contributed by atoms with Crippen LogP contribution < -0.4 is 14.2 Å². The van der Waals surface area contributed by atoms with Crippen molar-refractivity contribution in [1.29, 1.82) is 0 Å². The van der Waals surface area contributed by atoms with Crippen LogP contribution in [0.25, 0.3) is 5.76 Å². The number of hydrogen-bond donors (Lipinski definition) is 1. The molecule has 33 heavy (non-hydrogen) atoms. The molecule has 0 saturated carbocycles. The highest BCUT2D eigenvalue weighted by atomic mass is 16.7. The van der Waals surface area contributed by atoms with Crippen LogP contribution in [0, 0.1) is 0 Å². The normalized spacial score (nSPS) is 18.9. The zero-order valence-electron chi connectivity index (χ0n) is 19.0. The van der Waals surface area contributed by atoms with Gasteiger partial charge in [-0.15, -0.1) is 0 Å². The van der Waals surface area contributed by atoms with E-state index >= 15 is 0 Å². The second-order valence-corrected chi connectivity index (χ2v) is 7.86. The predicted octanol–water partition coefficient (Wildman–Crippen LogP) is 3.19. The Morgan fingerprint density at radius 2 is 1.88 bits per heavy atom. The zero-order chi connectivity index (χ0) is 23.5. The standard InChI is InChI=1S/C25H28N2O6/c1-4-26(5-2)11-12-27-22(16-7-6-8-18(13-16)31-3)21(24(29)25(27)30)23(28)17-9-10-19-20(14-17)33-15-32-19/h6-10,13-14,22,28H,4-5,11-12,15H2,1-3H3/t22-/m1/s1. The van der Waals surface area contributed by atoms with Gasteiger partial charge >= 0.3 is 0 Å². The fourth-order valence-electron chi connectivity index (χ4n) is 4.26. The molecule has 2 heterocycles. The molecule has 1 fully saturated rings. The number of aliphatic hydroxyl groups is 1. The molecule has 8 nitrogen and oxygen atoms in total. The Morgan fingerprint density at radius 3 is 2.61 bits per heavy atom. The summed E-state index contributed by atoms with van der Waals surface area (Å²) in [5, 5.41) is 11.2. The van der Waals surface area contributed by atoms with Crippen LogP contribution in [0.5, 0.6) is 17.2 Å². The molecule has 0 spiro atoms. The summed E-state index contributed by atoms with van der Waals surface area (Å²) in [7, 11) is 1.56. The summed E-state index contributed by atoms with van der Waals surface area (Å²) >= 11 is 0. The van der Waals surface area contributed by atoms with Gasteiger partial charge in [0, 0.05) is 18.7 Å². The Kier molecular flexibility index (Phi) is 6.55. The lowest BCUT2D eigenvalue weighted by Crippen LogP contribution is -2.38. The highest BCUT2D eigenvalue weighted by Crippen LogP contribution is 2.41. The van der Waals surface area contributed by atoms with Crippen molar-refractivity contribution in [3.8, 4) is 17.2 Å². The van der Waals surface area contributed by atoms with Crippen LogP contribution >= 0.6 is 0 Å². The number of aliphatic hydroxyl groups excluding tert-OH is 1. The first kappa shape index (κ1) is 22.7. The number of likely N-dealkylation sites (tertiary alicyclic amines) is 1. The first-order chi connectivity index (χ1) is 16.0. The van der Waals surface area contributed by atoms with Crippen molar-refractivity contribution in [3.05, 3.63) is 59.2 Å². The summed E-state index contributed by atoms with van der Waals surface area (Å²) in [5.41, 5.74) is 1.12. The van der Waals surface area contributed by atoms with Crippen molar-refractivity contribution in [2.45, 2.75) is 19.9 Å². The number of likely N-dealkylation sites (N-methyl/N-ethyl adjacent to an activating group) is 1. The largest absolute Gasteiger partial charge is 0.507 e. The second kappa shape index (κ2) is 9.54. The number of rotatable bonds is 8. The molecule has 2 aromatic rings. The first-order valence-corrected chi connectivity index (χ1v) is 11.0. The van der Waals surface area contributed by atoms with Crippen molar-refractivity contribution < 1.29 is 28.9 Å². The number of carbonyl (C=O) groups is 2. The van der Waals surface area contributed by atoms with E-state index in [0.717, 1.165) is 13.1 Å². The van der Waals surface area contributed by atoms with Gasteiger partial charge in [-0.3, -0.25) is 9.59 Å². The molecule has 0 radical (unpaired) electrons. The number of nitrogens with zero attached hydrogens (tertiary/aromatic N) is 2. The number of hydrogen-bond acceptors (Lipinski definition) is 7. The summed E-state index contributed by atoms with van der Waals surface area (Å²) in [4.78, 5) is 30.0. The van der Waals surface area contributed by atoms with E-state index in [0.29, 0.717) is 41.5 Å². The minimum absolute atomic E-state index is 0.0478. The van der Waals surface area contributed by atoms with Crippen LogP contribution in [0.3, 0.4) is 0 Å². The van der Waals surface area contributed by atoms with Crippen LogP contribution in [0.1, 0.15) is 31.0 Å². The molecule has 0 unspecified atom stereocenters. The van der Waals surface area contributed by atoms with E-state index in [9.17, 15) is 14.7 Å². The predicted molar refractivity (Wildman–Crippen MR) is 122 cm³/mol. The lowest BCUT2D eigenvalue weighted by molar-refractivity contribution is -0.140. The molecule has 2 aromatic carbocycles. The van der Waals surface area contributed by atoms with Gasteiger partial charge in [0.15, 0.2) is 11.5 Å². The Balaban J connectivity index is 1.80. The molecule has 1 N–H and O–H groups in total. The highest BCUT2D eigenvalue weighted by Gasteiger charge is 2.46. The fraction of sp³-hybridized carbons (Fsp3) is 0.360. The van der Waals surface area contributed by atoms with Gasteiger partial charge in [0.2, 0.25) is 6.79 Å². The minimum Gasteiger partial charge on any atom is -0.507 e. The van der Waals surface area contributed by atoms with Crippen LogP contribution in [-0.4, -0.2) is 66.7 Å². The number of ketones is 1. The number of ether oxygens (including phenoxy) is 3. The number of amides is 1. The van der Waals surface area contributed by atoms with E-state index in [1.165, 1.54) is 4.90 Å². The Morgan fingerprint density at radius 1 is 1.12 bits per heavy atom. The molecule has 8 heteroatoms. The second-order valence-electron chi connectivity index (χ2n) is 7.86. The third kappa shape index (κ3) is 4.26. The van der Waals surface area contributed by atoms with Gasteiger partial charge in [-0.05, 0) is 49.0 Å². The molecule has 174 valence electrons. The quantitative estimate of drug-likeness (QED) is 0.374. The van der Waals surface area contributed by atoms with Crippen molar-refractivity contribution >= 4 is 17.4 Å². The molecule has 0 bridgehead atoms. The molecule has 1 amide bonds. The average molecular weight is 453 g/mol. The van der Waals surface area contributed by atoms with E-state index in [1.807, 2.05) is 6.07 Å². The molecule has 0 aromatic heterocycles. The summed E-state index contributed by atoms with van der Waals surface area (Å²) < 4.78 is 16.1. The van der Waals surface area contributed by atoms with Gasteiger partial charge in [-0.2, -0.15) is 0 Å². The van der Waals surface area contributed by atoms with Crippen LogP contribution in [0.4, 0.5) is 0 Å². The molecular formula is C25H28N2O6. The van der Waals surface area contributed by atoms with Gasteiger partial charge in [0.1, 0.15) is 11.5 Å². The van der Waals surface area contributed by atoms with Gasteiger partial charge in [-0.1, -0.05) is 26.0 Å². The van der Waals surface area contributed by atoms with Crippen molar-refractivity contribution in [3.63, 3.8) is 0 Å². The number of benzene rings is 2. The number of methoxy groups -OCH3 is 1. The molecular weight excluding hydrogens is 424 g/mol. The third-order valence-electron chi connectivity index (χ3n) is 6.15. The third-order valence-corrected chi connectivity index (χ3v) is 6.15. The molecule has 1 saturated heterocycles. The smallest absolute Gasteiger partial charge is 0.295 e. The Hall–Kier alpha value is -3.52. The molecule has 1 atom stereocenters. The molecule has 2 aliphatic heterocycles. The SMILES string of the molecule is CCN(CC)CCN1C(=O)C(=O)C(=C(O)c2ccc3c(c2)OCO3)[C@H]1c1cccc(OC)c1. The Bertz CT molecular complexity index is 1090. The van der Waals surface area contributed by atoms with Crippen molar-refractivity contribution in [2.75, 3.05) is 40.1 Å². The summed E-state index contributed by atoms with van der Waals surface area (Å²) in [6, 6.07) is 11.4. The monoisotopic (exact) mass is 452 g/mol. The van der Waals surface area contributed by atoms with E-state index in [4.69, 9.17) is 14.2 Å². The summed E-state index contributed by atoms with van der Waals surface area (Å²) in [6.45, 7) is 6.84. The number of fused-ring (bicyclic) bond motifs is 1. The van der Waals surface area contributed by atoms with Crippen molar-refractivity contribution in [1.82, 2.24) is 9.80 Å². The average Bonchev–Trinajstić information content (AvgIpc) is 3.41. The van der Waals surface area contributed by atoms with Crippen molar-refractivity contribution in [2.24, 2.45) is 0 Å². The Labute approximate surface area is 193 Å². The van der Waals surface area contributed by atoms with Crippen LogP contribution in [0.15, 0.2) is 48.0 Å². The first-order valence-electron chi connectivity index (χ1n) is 11.0. The molecule has 0 aliphatic carbocycles. The van der Waals surface area contributed by atoms with E-state index in [-0.39, 0.29) is 18.1 Å². The fourth-order valence-corrected chi connectivity index (χ4v) is 4.26. The van der Waals surface area contributed by atoms with Gasteiger partial charge in [0.25, 0.3) is 11.7 Å². The zero-order valence-corrected chi connectivity index (χ0v) is 19.0. The van der Waals surface area contributed by atoms with Gasteiger partial charge < -0.3 is 29.1 Å². The lowest BCUT2D eigenvalue weighted by atomic mass is 9.95. The summed E-state index contributed by atoms with van der Waals surface area (Å²) in [5.74, 6) is 0.0628. The molecule has 4 rings (SSSR count). The van der Waals surface area contributed by atoms with Gasteiger partial charge in [0.05, 0.1) is 18.7 Å². The van der Waals surface area contributed by atoms with Crippen LogP contribution in [-0.2, 0) is 9.59 Å². The number of carbonyl (C=O) groups excluding carboxylic acids is 2. The van der Waals surface area contributed by atoms with E-state index in [2.05, 4.69) is 18.7 Å². The van der Waals surface area contributed by atoms with E-state index in [1.54, 1.807) is 43.5 Å². The molecule has 2 aliphatic rings. The lowest BCUT2D eigenvalue weighted by Gasteiger charge is -2.28. The maximum absolute atomic E-state index is 13.2. The topological polar surface area (TPSA) is 88.5 Å². The number of Topliss-reactive ketones (excluding diaryl/α,β-unsaturated/α-hetero) is 1. The highest BCUT2D eigenvalue weighted by molar-refractivity contribution is 6.46.